The van der Waals surface area contributed by atoms with Gasteiger partial charge in [-0.3, -0.25) is 0 Å². The second-order valence-electron chi connectivity index (χ2n) is 4.16. The number of ether oxygens (including phenoxy) is 1. The summed E-state index contributed by atoms with van der Waals surface area (Å²) in [6.07, 6.45) is 8.35. The second-order valence-corrected chi connectivity index (χ2v) is 4.16. The predicted molar refractivity (Wildman–Crippen MR) is 63.2 cm³/mol. The van der Waals surface area contributed by atoms with Gasteiger partial charge in [-0.1, -0.05) is 25.8 Å². The highest BCUT2D eigenvalue weighted by Gasteiger charge is 2.11. The molecule has 1 aromatic rings. The Kier molecular flexibility index (Phi) is 3.65. The molecule has 0 heterocycles. The topological polar surface area (TPSA) is 9.23 Å². The first-order chi connectivity index (χ1) is 7.40. The van der Waals surface area contributed by atoms with Crippen LogP contribution in [0, 0.1) is 6.42 Å². The van der Waals surface area contributed by atoms with E-state index in [0.717, 1.165) is 12.4 Å². The molecule has 1 aromatic carbocycles. The van der Waals surface area contributed by atoms with Gasteiger partial charge >= 0.3 is 0 Å². The van der Waals surface area contributed by atoms with Gasteiger partial charge in [0, 0.05) is 0 Å². The Morgan fingerprint density at radius 2 is 2.20 bits per heavy atom. The molecule has 81 valence electrons. The van der Waals surface area contributed by atoms with E-state index in [9.17, 15) is 0 Å². The second kappa shape index (κ2) is 5.20. The molecule has 0 aromatic heterocycles. The van der Waals surface area contributed by atoms with Gasteiger partial charge < -0.3 is 4.74 Å². The summed E-state index contributed by atoms with van der Waals surface area (Å²) in [5, 5.41) is 0. The molecule has 0 N–H and O–H groups in total. The van der Waals surface area contributed by atoms with Crippen LogP contribution in [0.1, 0.15) is 43.7 Å². The Bertz CT molecular complexity index is 317. The van der Waals surface area contributed by atoms with E-state index in [1.807, 2.05) is 0 Å². The minimum Gasteiger partial charge on any atom is -0.494 e. The SMILES string of the molecule is CCCCCOc1ccc2c(c1)CC[CH]2. The average molecular weight is 203 g/mol. The largest absolute Gasteiger partial charge is 0.494 e. The molecule has 0 bridgehead atoms. The van der Waals surface area contributed by atoms with E-state index in [-0.39, 0.29) is 0 Å². The smallest absolute Gasteiger partial charge is 0.119 e. The molecule has 1 radical (unpaired) electrons. The lowest BCUT2D eigenvalue weighted by Crippen LogP contribution is -1.97. The van der Waals surface area contributed by atoms with Crippen molar-refractivity contribution in [1.29, 1.82) is 0 Å². The van der Waals surface area contributed by atoms with Gasteiger partial charge in [-0.25, -0.2) is 0 Å². The molecule has 1 heteroatoms. The molecule has 0 spiro atoms. The number of fused-ring (bicyclic) bond motifs is 1. The van der Waals surface area contributed by atoms with Crippen molar-refractivity contribution < 1.29 is 4.74 Å². The molecular weight excluding hydrogens is 184 g/mol. The lowest BCUT2D eigenvalue weighted by molar-refractivity contribution is 0.306. The molecule has 0 amide bonds. The summed E-state index contributed by atoms with van der Waals surface area (Å²) in [6.45, 7) is 3.07. The van der Waals surface area contributed by atoms with Crippen LogP contribution in [0.5, 0.6) is 5.75 Å². The zero-order valence-corrected chi connectivity index (χ0v) is 9.46. The van der Waals surface area contributed by atoms with E-state index < -0.39 is 0 Å². The number of rotatable bonds is 5. The molecule has 0 aliphatic heterocycles. The zero-order valence-electron chi connectivity index (χ0n) is 9.46. The Labute approximate surface area is 92.5 Å². The maximum absolute atomic E-state index is 5.72. The minimum absolute atomic E-state index is 0.857. The third-order valence-corrected chi connectivity index (χ3v) is 2.91. The molecule has 0 saturated carbocycles. The highest BCUT2D eigenvalue weighted by atomic mass is 16.5. The lowest BCUT2D eigenvalue weighted by Gasteiger charge is -2.07. The molecule has 0 unspecified atom stereocenters. The lowest BCUT2D eigenvalue weighted by atomic mass is 10.1. The summed E-state index contributed by atoms with van der Waals surface area (Å²) in [5.74, 6) is 1.04. The van der Waals surface area contributed by atoms with Crippen molar-refractivity contribution in [2.45, 2.75) is 39.0 Å². The van der Waals surface area contributed by atoms with Gasteiger partial charge in [-0.15, -0.1) is 0 Å². The maximum atomic E-state index is 5.72. The summed E-state index contributed by atoms with van der Waals surface area (Å²) in [7, 11) is 0. The van der Waals surface area contributed by atoms with Crippen molar-refractivity contribution in [3.8, 4) is 5.75 Å². The highest BCUT2D eigenvalue weighted by Crippen LogP contribution is 2.27. The van der Waals surface area contributed by atoms with Gasteiger partial charge in [-0.05, 0) is 48.9 Å². The molecule has 1 aliphatic rings. The number of hydrogen-bond donors (Lipinski definition) is 0. The summed E-state index contributed by atoms with van der Waals surface area (Å²) in [4.78, 5) is 0. The van der Waals surface area contributed by atoms with Crippen LogP contribution in [0.3, 0.4) is 0 Å². The predicted octanol–water partition coefficient (Wildman–Crippen LogP) is 3.75. The first-order valence-corrected chi connectivity index (χ1v) is 5.99. The van der Waals surface area contributed by atoms with E-state index in [4.69, 9.17) is 4.74 Å². The van der Waals surface area contributed by atoms with Crippen molar-refractivity contribution in [3.05, 3.63) is 35.7 Å². The van der Waals surface area contributed by atoms with Crippen molar-refractivity contribution in [2.75, 3.05) is 6.61 Å². The van der Waals surface area contributed by atoms with Crippen LogP contribution in [0.15, 0.2) is 18.2 Å². The Morgan fingerprint density at radius 3 is 3.07 bits per heavy atom. The molecule has 0 atom stereocenters. The van der Waals surface area contributed by atoms with Gasteiger partial charge in [0.25, 0.3) is 0 Å². The minimum atomic E-state index is 0.857. The third-order valence-electron chi connectivity index (χ3n) is 2.91. The summed E-state index contributed by atoms with van der Waals surface area (Å²) >= 11 is 0. The Balaban J connectivity index is 1.87. The van der Waals surface area contributed by atoms with Crippen LogP contribution in [-0.2, 0) is 6.42 Å². The fourth-order valence-electron chi connectivity index (χ4n) is 2.01. The van der Waals surface area contributed by atoms with E-state index in [1.54, 1.807) is 0 Å². The van der Waals surface area contributed by atoms with Gasteiger partial charge in [-0.2, -0.15) is 0 Å². The monoisotopic (exact) mass is 203 g/mol. The molecule has 0 saturated heterocycles. The summed E-state index contributed by atoms with van der Waals surface area (Å²) < 4.78 is 5.72. The van der Waals surface area contributed by atoms with Gasteiger partial charge in [0.15, 0.2) is 0 Å². The molecule has 0 fully saturated rings. The van der Waals surface area contributed by atoms with Crippen LogP contribution in [0.25, 0.3) is 0 Å². The van der Waals surface area contributed by atoms with Crippen molar-refractivity contribution >= 4 is 0 Å². The molecule has 1 nitrogen and oxygen atoms in total. The van der Waals surface area contributed by atoms with Crippen LogP contribution in [-0.4, -0.2) is 6.61 Å². The zero-order chi connectivity index (χ0) is 10.5. The molecule has 2 rings (SSSR count). The van der Waals surface area contributed by atoms with Crippen molar-refractivity contribution in [3.63, 3.8) is 0 Å². The fraction of sp³-hybridized carbons (Fsp3) is 0.500. The fourth-order valence-corrected chi connectivity index (χ4v) is 2.01. The summed E-state index contributed by atoms with van der Waals surface area (Å²) in [6, 6.07) is 6.47. The Morgan fingerprint density at radius 1 is 1.27 bits per heavy atom. The van der Waals surface area contributed by atoms with Crippen molar-refractivity contribution in [2.24, 2.45) is 0 Å². The maximum Gasteiger partial charge on any atom is 0.119 e. The van der Waals surface area contributed by atoms with Crippen LogP contribution < -0.4 is 4.74 Å². The quantitative estimate of drug-likeness (QED) is 0.662. The normalized spacial score (nSPS) is 13.9. The first kappa shape index (κ1) is 10.5. The number of aryl methyl sites for hydroxylation is 1. The third kappa shape index (κ3) is 2.74. The molecule has 1 aliphatic carbocycles. The highest BCUT2D eigenvalue weighted by molar-refractivity contribution is 5.42. The van der Waals surface area contributed by atoms with Gasteiger partial charge in [0.05, 0.1) is 6.61 Å². The molecular formula is C14H19O. The van der Waals surface area contributed by atoms with E-state index >= 15 is 0 Å². The molecule has 15 heavy (non-hydrogen) atoms. The Hall–Kier alpha value is -0.980. The van der Waals surface area contributed by atoms with Gasteiger partial charge in [0.1, 0.15) is 5.75 Å². The number of unbranched alkanes of at least 4 members (excludes halogenated alkanes) is 2. The average Bonchev–Trinajstić information content (AvgIpc) is 2.71. The van der Waals surface area contributed by atoms with Crippen molar-refractivity contribution in [1.82, 2.24) is 0 Å². The summed E-state index contributed by atoms with van der Waals surface area (Å²) in [5.41, 5.74) is 2.85. The standard InChI is InChI=1S/C14H19O/c1-2-3-4-10-15-14-9-8-12-6-5-7-13(12)11-14/h6,8-9,11H,2-5,7,10H2,1H3. The van der Waals surface area contributed by atoms with Gasteiger partial charge in [0.2, 0.25) is 0 Å². The van der Waals surface area contributed by atoms with Crippen LogP contribution in [0.2, 0.25) is 0 Å². The van der Waals surface area contributed by atoms with E-state index in [2.05, 4.69) is 31.5 Å². The van der Waals surface area contributed by atoms with E-state index in [0.29, 0.717) is 0 Å². The van der Waals surface area contributed by atoms with Crippen LogP contribution >= 0.6 is 0 Å². The number of hydrogen-bond acceptors (Lipinski definition) is 1. The van der Waals surface area contributed by atoms with Crippen LogP contribution in [0.4, 0.5) is 0 Å². The number of benzene rings is 1. The van der Waals surface area contributed by atoms with E-state index in [1.165, 1.54) is 43.2 Å². The first-order valence-electron chi connectivity index (χ1n) is 5.99.